The maximum atomic E-state index is 11.9. The molecule has 0 spiro atoms. The van der Waals surface area contributed by atoms with Gasteiger partial charge in [-0.3, -0.25) is 4.68 Å². The number of halogens is 3. The van der Waals surface area contributed by atoms with Gasteiger partial charge >= 0.3 is 6.18 Å². The molecule has 1 unspecified atom stereocenters. The van der Waals surface area contributed by atoms with E-state index < -0.39 is 18.8 Å². The van der Waals surface area contributed by atoms with Crippen LogP contribution in [0.5, 0.6) is 0 Å². The van der Waals surface area contributed by atoms with Crippen LogP contribution in [0.25, 0.3) is 0 Å². The largest absolute Gasteiger partial charge is 0.415 e. The average molecular weight is 238 g/mol. The van der Waals surface area contributed by atoms with E-state index in [1.165, 1.54) is 11.0 Å². The number of rotatable bonds is 5. The molecule has 0 aliphatic rings. The number of aliphatic hydroxyl groups is 1. The van der Waals surface area contributed by atoms with E-state index in [-0.39, 0.29) is 6.54 Å². The van der Waals surface area contributed by atoms with Crippen molar-refractivity contribution in [3.05, 3.63) is 12.2 Å². The molecule has 0 aliphatic carbocycles. The van der Waals surface area contributed by atoms with Crippen molar-refractivity contribution in [2.45, 2.75) is 18.7 Å². The maximum absolute atomic E-state index is 11.9. The van der Waals surface area contributed by atoms with Gasteiger partial charge in [0.15, 0.2) is 11.9 Å². The summed E-state index contributed by atoms with van der Waals surface area (Å²) >= 11 is 0. The topological polar surface area (TPSA) is 63.0 Å². The highest BCUT2D eigenvalue weighted by atomic mass is 19.4. The van der Waals surface area contributed by atoms with Gasteiger partial charge in [-0.05, 0) is 0 Å². The van der Waals surface area contributed by atoms with E-state index in [1.807, 2.05) is 0 Å². The van der Waals surface area contributed by atoms with Gasteiger partial charge in [0.25, 0.3) is 0 Å². The van der Waals surface area contributed by atoms with Gasteiger partial charge < -0.3 is 10.4 Å². The second kappa shape index (κ2) is 5.26. The van der Waals surface area contributed by atoms with Gasteiger partial charge in [0.2, 0.25) is 0 Å². The standard InChI is InChI=1S/C8H13F3N4O/c1-15-5-13-7(14-15)2-3-12-4-6(16)8(9,10)11/h5-6,12,16H,2-4H2,1H3. The number of aromatic nitrogens is 3. The third-order valence-electron chi connectivity index (χ3n) is 1.89. The van der Waals surface area contributed by atoms with Crippen LogP contribution in [-0.4, -0.2) is 45.2 Å². The van der Waals surface area contributed by atoms with Crippen LogP contribution < -0.4 is 5.32 Å². The van der Waals surface area contributed by atoms with Gasteiger partial charge in [-0.25, -0.2) is 4.98 Å². The van der Waals surface area contributed by atoms with Crippen molar-refractivity contribution in [1.29, 1.82) is 0 Å². The maximum Gasteiger partial charge on any atom is 0.415 e. The quantitative estimate of drug-likeness (QED) is 0.701. The molecule has 1 rings (SSSR count). The zero-order valence-electron chi connectivity index (χ0n) is 8.70. The van der Waals surface area contributed by atoms with Crippen molar-refractivity contribution in [1.82, 2.24) is 20.1 Å². The Labute approximate surface area is 90.3 Å². The first-order valence-electron chi connectivity index (χ1n) is 4.69. The predicted octanol–water partition coefficient (Wildman–Crippen LogP) is -0.130. The third kappa shape index (κ3) is 4.15. The molecule has 16 heavy (non-hydrogen) atoms. The van der Waals surface area contributed by atoms with Crippen LogP contribution in [0.4, 0.5) is 13.2 Å². The lowest BCUT2D eigenvalue weighted by Crippen LogP contribution is -2.39. The molecule has 0 saturated carbocycles. The molecule has 5 nitrogen and oxygen atoms in total. The molecule has 0 amide bonds. The Morgan fingerprint density at radius 3 is 2.75 bits per heavy atom. The van der Waals surface area contributed by atoms with E-state index in [4.69, 9.17) is 5.11 Å². The minimum atomic E-state index is -4.57. The van der Waals surface area contributed by atoms with E-state index in [2.05, 4.69) is 15.4 Å². The monoisotopic (exact) mass is 238 g/mol. The highest BCUT2D eigenvalue weighted by molar-refractivity contribution is 4.82. The Balaban J connectivity index is 2.17. The van der Waals surface area contributed by atoms with Crippen molar-refractivity contribution in [2.24, 2.45) is 7.05 Å². The van der Waals surface area contributed by atoms with Crippen molar-refractivity contribution in [3.8, 4) is 0 Å². The van der Waals surface area contributed by atoms with Crippen molar-refractivity contribution >= 4 is 0 Å². The van der Waals surface area contributed by atoms with Gasteiger partial charge in [-0.15, -0.1) is 0 Å². The number of nitrogens with zero attached hydrogens (tertiary/aromatic N) is 3. The molecule has 8 heteroatoms. The van der Waals surface area contributed by atoms with Gasteiger partial charge in [-0.1, -0.05) is 0 Å². The molecule has 0 fully saturated rings. The molecule has 1 aromatic heterocycles. The molecule has 2 N–H and O–H groups in total. The fourth-order valence-corrected chi connectivity index (χ4v) is 1.05. The number of nitrogens with one attached hydrogen (secondary N) is 1. The van der Waals surface area contributed by atoms with E-state index in [0.29, 0.717) is 12.2 Å². The first-order valence-corrected chi connectivity index (χ1v) is 4.69. The summed E-state index contributed by atoms with van der Waals surface area (Å²) in [6.07, 6.45) is -4.97. The number of hydrogen-bond donors (Lipinski definition) is 2. The fraction of sp³-hybridized carbons (Fsp3) is 0.750. The Morgan fingerprint density at radius 1 is 1.56 bits per heavy atom. The third-order valence-corrected chi connectivity index (χ3v) is 1.89. The summed E-state index contributed by atoms with van der Waals surface area (Å²) < 4.78 is 37.2. The molecule has 1 atom stereocenters. The molecular weight excluding hydrogens is 225 g/mol. The van der Waals surface area contributed by atoms with Crippen LogP contribution in [0.3, 0.4) is 0 Å². The molecular formula is C8H13F3N4O. The average Bonchev–Trinajstić information content (AvgIpc) is 2.57. The summed E-state index contributed by atoms with van der Waals surface area (Å²) in [5, 5.41) is 15.1. The Kier molecular flexibility index (Phi) is 4.25. The zero-order valence-corrected chi connectivity index (χ0v) is 8.70. The van der Waals surface area contributed by atoms with E-state index in [9.17, 15) is 13.2 Å². The summed E-state index contributed by atoms with van der Waals surface area (Å²) in [7, 11) is 1.71. The van der Waals surface area contributed by atoms with Crippen molar-refractivity contribution in [3.63, 3.8) is 0 Å². The number of aliphatic hydroxyl groups excluding tert-OH is 1. The molecule has 0 radical (unpaired) electrons. The molecule has 0 bridgehead atoms. The summed E-state index contributed by atoms with van der Waals surface area (Å²) in [4.78, 5) is 3.91. The zero-order chi connectivity index (χ0) is 12.2. The van der Waals surface area contributed by atoms with Gasteiger partial charge in [0, 0.05) is 26.6 Å². The second-order valence-corrected chi connectivity index (χ2v) is 3.35. The van der Waals surface area contributed by atoms with Crippen LogP contribution in [0.2, 0.25) is 0 Å². The molecule has 0 aromatic carbocycles. The van der Waals surface area contributed by atoms with Crippen LogP contribution in [-0.2, 0) is 13.5 Å². The lowest BCUT2D eigenvalue weighted by Gasteiger charge is -2.14. The minimum absolute atomic E-state index is 0.289. The van der Waals surface area contributed by atoms with Gasteiger partial charge in [0.1, 0.15) is 6.33 Å². The molecule has 0 aliphatic heterocycles. The summed E-state index contributed by atoms with van der Waals surface area (Å²) in [5.74, 6) is 0.552. The lowest BCUT2D eigenvalue weighted by molar-refractivity contribution is -0.201. The Bertz CT molecular complexity index is 325. The first kappa shape index (κ1) is 12.9. The van der Waals surface area contributed by atoms with Crippen LogP contribution in [0.1, 0.15) is 5.82 Å². The predicted molar refractivity (Wildman–Crippen MR) is 49.6 cm³/mol. The minimum Gasteiger partial charge on any atom is -0.382 e. The highest BCUT2D eigenvalue weighted by Crippen LogP contribution is 2.18. The van der Waals surface area contributed by atoms with Crippen molar-refractivity contribution < 1.29 is 18.3 Å². The number of aryl methyl sites for hydroxylation is 1. The molecule has 92 valence electrons. The number of hydrogen-bond acceptors (Lipinski definition) is 4. The first-order chi connectivity index (χ1) is 7.39. The van der Waals surface area contributed by atoms with Crippen LogP contribution in [0.15, 0.2) is 6.33 Å². The number of alkyl halides is 3. The van der Waals surface area contributed by atoms with E-state index in [0.717, 1.165) is 0 Å². The fourth-order valence-electron chi connectivity index (χ4n) is 1.05. The van der Waals surface area contributed by atoms with Crippen LogP contribution >= 0.6 is 0 Å². The van der Waals surface area contributed by atoms with E-state index >= 15 is 0 Å². The van der Waals surface area contributed by atoms with Crippen LogP contribution in [0, 0.1) is 0 Å². The summed E-state index contributed by atoms with van der Waals surface area (Å²) in [5.41, 5.74) is 0. The van der Waals surface area contributed by atoms with Gasteiger partial charge in [-0.2, -0.15) is 18.3 Å². The molecule has 0 saturated heterocycles. The SMILES string of the molecule is Cn1cnc(CCNCC(O)C(F)(F)F)n1. The normalized spacial score (nSPS) is 14.1. The summed E-state index contributed by atoms with van der Waals surface area (Å²) in [6, 6.07) is 0. The molecule has 1 aromatic rings. The second-order valence-electron chi connectivity index (χ2n) is 3.35. The Morgan fingerprint density at radius 2 is 2.25 bits per heavy atom. The van der Waals surface area contributed by atoms with E-state index in [1.54, 1.807) is 7.05 Å². The lowest BCUT2D eigenvalue weighted by atomic mass is 10.3. The Hall–Kier alpha value is -1.15. The molecule has 1 heterocycles. The summed E-state index contributed by atoms with van der Waals surface area (Å²) in [6.45, 7) is -0.229. The highest BCUT2D eigenvalue weighted by Gasteiger charge is 2.37. The smallest absolute Gasteiger partial charge is 0.382 e. The van der Waals surface area contributed by atoms with Crippen molar-refractivity contribution in [2.75, 3.05) is 13.1 Å². The van der Waals surface area contributed by atoms with Gasteiger partial charge in [0.05, 0.1) is 0 Å².